The molecule has 0 bridgehead atoms. The van der Waals surface area contributed by atoms with Gasteiger partial charge < -0.3 is 5.11 Å². The van der Waals surface area contributed by atoms with Crippen LogP contribution in [0.25, 0.3) is 5.57 Å². The van der Waals surface area contributed by atoms with Crippen LogP contribution in [0.3, 0.4) is 0 Å². The van der Waals surface area contributed by atoms with E-state index in [2.05, 4.69) is 0 Å². The molecule has 0 aromatic heterocycles. The Bertz CT molecular complexity index is 553. The predicted octanol–water partition coefficient (Wildman–Crippen LogP) is 3.33. The fourth-order valence-corrected chi connectivity index (χ4v) is 1.41. The number of carboxylic acid groups (broad SMARTS) is 1. The van der Waals surface area contributed by atoms with E-state index in [4.69, 9.17) is 10.4 Å². The summed E-state index contributed by atoms with van der Waals surface area (Å²) in [6.07, 6.45) is -3.32. The van der Waals surface area contributed by atoms with Gasteiger partial charge >= 0.3 is 12.1 Å². The molecule has 0 aliphatic rings. The van der Waals surface area contributed by atoms with Gasteiger partial charge in [0.25, 0.3) is 0 Å². The zero-order chi connectivity index (χ0) is 13.9. The third-order valence-corrected chi connectivity index (χ3v) is 2.28. The van der Waals surface area contributed by atoms with Gasteiger partial charge in [0.1, 0.15) is 0 Å². The fourth-order valence-electron chi connectivity index (χ4n) is 1.41. The number of nitriles is 1. The van der Waals surface area contributed by atoms with Crippen molar-refractivity contribution < 1.29 is 23.1 Å². The first kappa shape index (κ1) is 13.8. The van der Waals surface area contributed by atoms with E-state index in [0.29, 0.717) is 12.1 Å². The van der Waals surface area contributed by atoms with Gasteiger partial charge in [-0.25, -0.2) is 4.79 Å². The second-order valence-corrected chi connectivity index (χ2v) is 3.38. The Morgan fingerprint density at radius 1 is 1.39 bits per heavy atom. The molecule has 1 aromatic rings. The third-order valence-electron chi connectivity index (χ3n) is 2.28. The Morgan fingerprint density at radius 3 is 2.39 bits per heavy atom. The van der Waals surface area contributed by atoms with Crippen LogP contribution >= 0.6 is 0 Å². The van der Waals surface area contributed by atoms with Gasteiger partial charge in [0, 0.05) is 5.56 Å². The molecule has 0 saturated carbocycles. The highest BCUT2D eigenvalue weighted by Gasteiger charge is 2.31. The van der Waals surface area contributed by atoms with Gasteiger partial charge in [-0.3, -0.25) is 0 Å². The lowest BCUT2D eigenvalue weighted by Gasteiger charge is -2.10. The zero-order valence-electron chi connectivity index (χ0n) is 9.25. The topological polar surface area (TPSA) is 61.1 Å². The molecule has 0 heterocycles. The summed E-state index contributed by atoms with van der Waals surface area (Å²) in [6, 6.07) is 3.87. The average molecular weight is 255 g/mol. The maximum absolute atomic E-state index is 12.5. The number of halogens is 3. The van der Waals surface area contributed by atoms with Crippen LogP contribution in [0.5, 0.6) is 0 Å². The normalized spacial score (nSPS) is 12.1. The molecule has 0 fully saturated rings. The van der Waals surface area contributed by atoms with Gasteiger partial charge in [0.2, 0.25) is 0 Å². The molecule has 0 aliphatic carbocycles. The number of carboxylic acids is 1. The maximum atomic E-state index is 12.5. The van der Waals surface area contributed by atoms with E-state index in [1.54, 1.807) is 6.07 Å². The minimum Gasteiger partial charge on any atom is -0.478 e. The average Bonchev–Trinajstić information content (AvgIpc) is 2.29. The minimum absolute atomic E-state index is 0.113. The van der Waals surface area contributed by atoms with Gasteiger partial charge in [-0.1, -0.05) is 6.08 Å². The second-order valence-electron chi connectivity index (χ2n) is 3.38. The van der Waals surface area contributed by atoms with E-state index in [1.807, 2.05) is 0 Å². The SMILES string of the molecule is CC=C(C#N)c1cc(C(F)(F)F)ccc1C(=O)O. The summed E-state index contributed by atoms with van der Waals surface area (Å²) < 4.78 is 37.6. The van der Waals surface area contributed by atoms with Gasteiger partial charge in [0.15, 0.2) is 0 Å². The van der Waals surface area contributed by atoms with Crippen LogP contribution in [0, 0.1) is 11.3 Å². The summed E-state index contributed by atoms with van der Waals surface area (Å²) in [4.78, 5) is 10.9. The van der Waals surface area contributed by atoms with Gasteiger partial charge in [0.05, 0.1) is 22.8 Å². The van der Waals surface area contributed by atoms with E-state index in [1.165, 1.54) is 13.0 Å². The third kappa shape index (κ3) is 2.69. The molecule has 0 unspecified atom stereocenters. The number of rotatable bonds is 2. The number of alkyl halides is 3. The Labute approximate surface area is 101 Å². The summed E-state index contributed by atoms with van der Waals surface area (Å²) in [5.74, 6) is -1.38. The Morgan fingerprint density at radius 2 is 2.00 bits per heavy atom. The van der Waals surface area contributed by atoms with Crippen LogP contribution in [0.15, 0.2) is 24.3 Å². The molecule has 6 heteroatoms. The first-order valence-corrected chi connectivity index (χ1v) is 4.82. The second kappa shape index (κ2) is 4.92. The standard InChI is InChI=1S/C12H8F3NO2/c1-2-7(6-16)10-5-8(12(13,14)15)3-4-9(10)11(17)18/h2-5H,1H3,(H,17,18). The molecule has 18 heavy (non-hydrogen) atoms. The lowest BCUT2D eigenvalue weighted by Crippen LogP contribution is -2.09. The number of hydrogen-bond donors (Lipinski definition) is 1. The summed E-state index contributed by atoms with van der Waals surface area (Å²) in [5.41, 5.74) is -1.67. The van der Waals surface area contributed by atoms with Crippen molar-refractivity contribution in [2.24, 2.45) is 0 Å². The van der Waals surface area contributed by atoms with Crippen LogP contribution in [0.1, 0.15) is 28.4 Å². The summed E-state index contributed by atoms with van der Waals surface area (Å²) in [5, 5.41) is 17.7. The summed E-state index contributed by atoms with van der Waals surface area (Å²) >= 11 is 0. The van der Waals surface area contributed by atoms with Crippen molar-refractivity contribution in [3.8, 4) is 6.07 Å². The first-order chi connectivity index (χ1) is 8.31. The summed E-state index contributed by atoms with van der Waals surface area (Å²) in [6.45, 7) is 1.45. The van der Waals surface area contributed by atoms with Crippen LogP contribution in [0.2, 0.25) is 0 Å². The molecule has 1 N–H and O–H groups in total. The highest BCUT2D eigenvalue weighted by atomic mass is 19.4. The molecular weight excluding hydrogens is 247 g/mol. The molecule has 0 radical (unpaired) electrons. The number of nitrogens with zero attached hydrogens (tertiary/aromatic N) is 1. The lowest BCUT2D eigenvalue weighted by molar-refractivity contribution is -0.137. The van der Waals surface area contributed by atoms with Crippen molar-refractivity contribution in [3.63, 3.8) is 0 Å². The number of carbonyl (C=O) groups is 1. The Hall–Kier alpha value is -2.29. The summed E-state index contributed by atoms with van der Waals surface area (Å²) in [7, 11) is 0. The van der Waals surface area contributed by atoms with Crippen LogP contribution < -0.4 is 0 Å². The van der Waals surface area contributed by atoms with Crippen molar-refractivity contribution in [3.05, 3.63) is 41.0 Å². The molecule has 0 spiro atoms. The molecular formula is C12H8F3NO2. The van der Waals surface area contributed by atoms with Gasteiger partial charge in [-0.2, -0.15) is 18.4 Å². The van der Waals surface area contributed by atoms with Gasteiger partial charge in [-0.05, 0) is 25.1 Å². The van der Waals surface area contributed by atoms with Gasteiger partial charge in [-0.15, -0.1) is 0 Å². The van der Waals surface area contributed by atoms with E-state index in [0.717, 1.165) is 6.07 Å². The maximum Gasteiger partial charge on any atom is 0.416 e. The number of aromatic carboxylic acids is 1. The van der Waals surface area contributed by atoms with Crippen molar-refractivity contribution in [2.75, 3.05) is 0 Å². The molecule has 0 atom stereocenters. The predicted molar refractivity (Wildman–Crippen MR) is 57.7 cm³/mol. The quantitative estimate of drug-likeness (QED) is 0.824. The molecule has 0 amide bonds. The number of benzene rings is 1. The van der Waals surface area contributed by atoms with E-state index in [-0.39, 0.29) is 16.7 Å². The number of allylic oxidation sites excluding steroid dienone is 2. The van der Waals surface area contributed by atoms with E-state index in [9.17, 15) is 18.0 Å². The smallest absolute Gasteiger partial charge is 0.416 e. The largest absolute Gasteiger partial charge is 0.478 e. The number of hydrogen-bond acceptors (Lipinski definition) is 2. The van der Waals surface area contributed by atoms with Crippen molar-refractivity contribution >= 4 is 11.5 Å². The Kier molecular flexibility index (Phi) is 3.76. The van der Waals surface area contributed by atoms with Crippen molar-refractivity contribution in [2.45, 2.75) is 13.1 Å². The molecule has 1 aromatic carbocycles. The zero-order valence-corrected chi connectivity index (χ0v) is 9.25. The lowest BCUT2D eigenvalue weighted by atomic mass is 9.97. The van der Waals surface area contributed by atoms with E-state index < -0.39 is 17.7 Å². The molecule has 1 rings (SSSR count). The fraction of sp³-hybridized carbons (Fsp3) is 0.167. The monoisotopic (exact) mass is 255 g/mol. The highest BCUT2D eigenvalue weighted by molar-refractivity contribution is 5.96. The highest BCUT2D eigenvalue weighted by Crippen LogP contribution is 2.32. The molecule has 0 saturated heterocycles. The van der Waals surface area contributed by atoms with Crippen LogP contribution in [-0.2, 0) is 6.18 Å². The van der Waals surface area contributed by atoms with Crippen molar-refractivity contribution in [1.82, 2.24) is 0 Å². The van der Waals surface area contributed by atoms with Crippen LogP contribution in [0.4, 0.5) is 13.2 Å². The molecule has 0 aliphatic heterocycles. The van der Waals surface area contributed by atoms with E-state index >= 15 is 0 Å². The van der Waals surface area contributed by atoms with Crippen molar-refractivity contribution in [1.29, 1.82) is 5.26 Å². The molecule has 3 nitrogen and oxygen atoms in total. The molecule has 94 valence electrons. The Balaban J connectivity index is 3.54. The minimum atomic E-state index is -4.58. The van der Waals surface area contributed by atoms with Crippen LogP contribution in [-0.4, -0.2) is 11.1 Å². The first-order valence-electron chi connectivity index (χ1n) is 4.82.